The molecule has 0 saturated carbocycles. The highest BCUT2D eigenvalue weighted by Gasteiger charge is 2.25. The number of nitrogens with zero attached hydrogens (tertiary/aromatic N) is 4. The van der Waals surface area contributed by atoms with Gasteiger partial charge in [0.2, 0.25) is 0 Å². The van der Waals surface area contributed by atoms with Crippen molar-refractivity contribution in [3.05, 3.63) is 308 Å². The van der Waals surface area contributed by atoms with Gasteiger partial charge in [0.15, 0.2) is 0 Å². The summed E-state index contributed by atoms with van der Waals surface area (Å²) in [6, 6.07) is 78.9. The summed E-state index contributed by atoms with van der Waals surface area (Å²) in [5.41, 5.74) is 36.0. The van der Waals surface area contributed by atoms with E-state index in [0.29, 0.717) is 0 Å². The van der Waals surface area contributed by atoms with Crippen molar-refractivity contribution in [1.82, 2.24) is 34.9 Å². The van der Waals surface area contributed by atoms with Crippen LogP contribution in [0.3, 0.4) is 0 Å². The van der Waals surface area contributed by atoms with Gasteiger partial charge in [-0.15, -0.1) is 11.3 Å². The zero-order chi connectivity index (χ0) is 67.0. The molecule has 17 rings (SSSR count). The van der Waals surface area contributed by atoms with E-state index in [1.54, 1.807) is 11.3 Å². The summed E-state index contributed by atoms with van der Waals surface area (Å²) < 4.78 is 2.03. The number of thiophene rings is 1. The standard InChI is InChI=1S/C91H67N7S/c1-53-8-22-60(23-9-53)84-70-39-38-69(92-70)68(82-50-51-83(99-82)89(65-32-18-58(6)19-33-65)79-48-46-76(96-79)86(73-41-40-71(84)93-73)62-26-12-55(3)13-27-62)37-36-67-52-81-88(64-30-16-57(5)17-31-64)78-45-44-75(95-78)85(61-24-10-54(2)11-25-61)72-42-43-74(94-72)87(63-28-14-56(4)15-29-63)77-47-49-80(97-77)90(91(67)98-81)66-34-20-59(7)21-35-66/h8-35,38-52,93,95,97H,1-7H3. The van der Waals surface area contributed by atoms with Gasteiger partial charge in [0.1, 0.15) is 0 Å². The normalized spacial score (nSPS) is 12.3. The maximum Gasteiger partial charge on any atom is 0.0893 e. The summed E-state index contributed by atoms with van der Waals surface area (Å²) in [5.74, 6) is 7.82. The van der Waals surface area contributed by atoms with Crippen molar-refractivity contribution >= 4 is 102 Å². The van der Waals surface area contributed by atoms with Gasteiger partial charge >= 0.3 is 0 Å². The van der Waals surface area contributed by atoms with E-state index < -0.39 is 0 Å². The van der Waals surface area contributed by atoms with Crippen LogP contribution in [0.15, 0.2) is 218 Å². The number of fused-ring (bicyclic) bond motifs is 16. The lowest BCUT2D eigenvalue weighted by molar-refractivity contribution is 1.30. The number of rotatable bonds is 7. The highest BCUT2D eigenvalue weighted by Crippen LogP contribution is 2.44. The number of aromatic amines is 3. The SMILES string of the molecule is Cc1ccc(-c2c3nc(c(-c4ccc(C)cc4)c4ccc([nH]4)c(-c4ccc(C)cc4)c4nc(c(-c5ccc(C)cc5)c5ccc2[nH]5)C=C4C#Cc2c4nc(c(-c5ccc(C)cc5)c5ccc([nH]5)c(-c5ccc(C)cc5)c5nc(c(-c6ccc(C)cc6)c6ccc2s6)C=C5)C=C4)C=C3)cc1. The molecule has 8 heteroatoms. The number of aryl methyl sites for hydroxylation is 7. The van der Waals surface area contributed by atoms with Crippen LogP contribution < -0.4 is 0 Å². The lowest BCUT2D eigenvalue weighted by atomic mass is 9.98. The highest BCUT2D eigenvalue weighted by atomic mass is 32.1. The lowest BCUT2D eigenvalue weighted by Gasteiger charge is -2.08. The van der Waals surface area contributed by atoms with Crippen LogP contribution in [0.25, 0.3) is 168 Å². The van der Waals surface area contributed by atoms with E-state index in [2.05, 4.69) is 336 Å². The molecular formula is C91H67N7S. The Morgan fingerprint density at radius 2 is 0.505 bits per heavy atom. The van der Waals surface area contributed by atoms with E-state index in [1.165, 1.54) is 27.8 Å². The minimum atomic E-state index is 0.736. The minimum absolute atomic E-state index is 0.736. The number of nitrogens with one attached hydrogen (secondary N) is 3. The van der Waals surface area contributed by atoms with E-state index >= 15 is 0 Å². The van der Waals surface area contributed by atoms with Crippen LogP contribution in [0.5, 0.6) is 0 Å². The number of aromatic nitrogens is 7. The van der Waals surface area contributed by atoms with Gasteiger partial charge in [0, 0.05) is 81.4 Å². The summed E-state index contributed by atoms with van der Waals surface area (Å²) in [6.07, 6.45) is 15.2. The summed E-state index contributed by atoms with van der Waals surface area (Å²) in [5, 5.41) is 0. The van der Waals surface area contributed by atoms with Crippen molar-refractivity contribution < 1.29 is 0 Å². The maximum atomic E-state index is 5.92. The smallest absolute Gasteiger partial charge is 0.0893 e. The molecule has 0 saturated heterocycles. The molecule has 4 aliphatic rings. The van der Waals surface area contributed by atoms with Crippen molar-refractivity contribution in [2.75, 3.05) is 0 Å². The van der Waals surface area contributed by atoms with Gasteiger partial charge in [-0.3, -0.25) is 0 Å². The summed E-state index contributed by atoms with van der Waals surface area (Å²) in [7, 11) is 0. The van der Waals surface area contributed by atoms with Gasteiger partial charge in [0.25, 0.3) is 0 Å². The largest absolute Gasteiger partial charge is 0.354 e. The fourth-order valence-corrected chi connectivity index (χ4v) is 15.0. The van der Waals surface area contributed by atoms with Gasteiger partial charge in [0.05, 0.1) is 56.7 Å². The molecule has 3 N–H and O–H groups in total. The Labute approximate surface area is 579 Å². The molecule has 7 nitrogen and oxygen atoms in total. The van der Waals surface area contributed by atoms with Gasteiger partial charge in [-0.2, -0.15) is 0 Å². The Bertz CT molecular complexity index is 5990. The van der Waals surface area contributed by atoms with Crippen molar-refractivity contribution in [2.45, 2.75) is 48.5 Å². The highest BCUT2D eigenvalue weighted by molar-refractivity contribution is 7.24. The fraction of sp³-hybridized carbons (Fsp3) is 0.0769. The second-order valence-corrected chi connectivity index (χ2v) is 27.5. The molecule has 0 fully saturated rings. The Morgan fingerprint density at radius 1 is 0.242 bits per heavy atom. The van der Waals surface area contributed by atoms with Crippen LogP contribution in [0.4, 0.5) is 0 Å². The molecule has 6 aromatic heterocycles. The van der Waals surface area contributed by atoms with Crippen LogP contribution in [-0.2, 0) is 0 Å². The zero-order valence-electron chi connectivity index (χ0n) is 56.0. The Morgan fingerprint density at radius 3 is 0.848 bits per heavy atom. The van der Waals surface area contributed by atoms with Crippen molar-refractivity contribution in [2.24, 2.45) is 0 Å². The van der Waals surface area contributed by atoms with Crippen molar-refractivity contribution in [3.63, 3.8) is 0 Å². The Kier molecular flexibility index (Phi) is 15.1. The number of hydrogen-bond donors (Lipinski definition) is 3. The molecular weight excluding hydrogens is 1220 g/mol. The molecule has 0 amide bonds. The third kappa shape index (κ3) is 11.4. The quantitative estimate of drug-likeness (QED) is 0.138. The first-order valence-corrected chi connectivity index (χ1v) is 34.5. The number of hydrogen-bond acceptors (Lipinski definition) is 5. The minimum Gasteiger partial charge on any atom is -0.354 e. The zero-order valence-corrected chi connectivity index (χ0v) is 56.8. The molecule has 10 heterocycles. The fourth-order valence-electron chi connectivity index (χ4n) is 13.9. The number of benzene rings is 7. The average molecular weight is 1290 g/mol. The van der Waals surface area contributed by atoms with Crippen LogP contribution in [0.2, 0.25) is 0 Å². The van der Waals surface area contributed by atoms with Crippen LogP contribution in [-0.4, -0.2) is 34.9 Å². The monoisotopic (exact) mass is 1290 g/mol. The van der Waals surface area contributed by atoms with Crippen LogP contribution in [0.1, 0.15) is 90.1 Å². The maximum absolute atomic E-state index is 5.92. The van der Waals surface area contributed by atoms with E-state index in [4.69, 9.17) is 19.9 Å². The third-order valence-corrected chi connectivity index (χ3v) is 20.3. The molecule has 0 radical (unpaired) electrons. The first-order valence-electron chi connectivity index (χ1n) is 33.6. The predicted octanol–water partition coefficient (Wildman–Crippen LogP) is 23.6. The van der Waals surface area contributed by atoms with E-state index in [0.717, 1.165) is 188 Å². The van der Waals surface area contributed by atoms with Crippen LogP contribution in [0, 0.1) is 60.3 Å². The van der Waals surface area contributed by atoms with Crippen molar-refractivity contribution in [3.8, 4) is 89.7 Å². The molecule has 0 atom stereocenters. The Balaban J connectivity index is 0.994. The van der Waals surface area contributed by atoms with Crippen LogP contribution >= 0.6 is 11.3 Å². The van der Waals surface area contributed by atoms with Gasteiger partial charge in [-0.05, 0) is 178 Å². The predicted molar refractivity (Wildman–Crippen MR) is 418 cm³/mol. The first-order chi connectivity index (χ1) is 48.4. The number of allylic oxidation sites excluding steroid dienone is 1. The van der Waals surface area contributed by atoms with E-state index in [9.17, 15) is 0 Å². The van der Waals surface area contributed by atoms with Crippen molar-refractivity contribution in [1.29, 1.82) is 0 Å². The third-order valence-electron chi connectivity index (χ3n) is 19.2. The summed E-state index contributed by atoms with van der Waals surface area (Å²) in [6.45, 7) is 14.9. The topological polar surface area (TPSA) is 98.9 Å². The van der Waals surface area contributed by atoms with Gasteiger partial charge in [-0.1, -0.05) is 221 Å². The molecule has 13 aromatic rings. The average Bonchev–Trinajstić information content (AvgIpc) is 1.62. The Hall–Kier alpha value is -12.3. The second kappa shape index (κ2) is 24.7. The summed E-state index contributed by atoms with van der Waals surface area (Å²) in [4.78, 5) is 34.8. The molecule has 0 spiro atoms. The van der Waals surface area contributed by atoms with Gasteiger partial charge < -0.3 is 15.0 Å². The number of H-pyrrole nitrogens is 3. The molecule has 472 valence electrons. The second-order valence-electron chi connectivity index (χ2n) is 26.4. The summed E-state index contributed by atoms with van der Waals surface area (Å²) >= 11 is 1.71. The van der Waals surface area contributed by atoms with Gasteiger partial charge in [-0.25, -0.2) is 19.9 Å². The molecule has 16 bridgehead atoms. The molecule has 7 aromatic carbocycles. The molecule has 99 heavy (non-hydrogen) atoms. The first kappa shape index (κ1) is 60.4. The molecule has 4 aliphatic heterocycles. The van der Waals surface area contributed by atoms with E-state index in [1.807, 2.05) is 0 Å². The van der Waals surface area contributed by atoms with E-state index in [-0.39, 0.29) is 0 Å². The lowest BCUT2D eigenvalue weighted by Crippen LogP contribution is -1.91. The molecule has 0 unspecified atom stereocenters. The molecule has 0 aliphatic carbocycles.